The number of alkyl halides is 3. The average molecular weight is 500 g/mol. The van der Waals surface area contributed by atoms with E-state index in [1.807, 2.05) is 0 Å². The van der Waals surface area contributed by atoms with Crippen LogP contribution in [-0.4, -0.2) is 23.6 Å². The lowest BCUT2D eigenvalue weighted by Gasteiger charge is -2.16. The van der Waals surface area contributed by atoms with E-state index in [-0.39, 0.29) is 45.8 Å². The molecule has 0 spiro atoms. The lowest BCUT2D eigenvalue weighted by atomic mass is 10.2. The van der Waals surface area contributed by atoms with Crippen LogP contribution in [0.3, 0.4) is 0 Å². The van der Waals surface area contributed by atoms with Crippen molar-refractivity contribution in [3.8, 4) is 11.5 Å². The SMILES string of the molecule is CCOP(=O)(CSc1cc(Oc2ccc(C(F)(F)F)cc2Cl)ccc1[N+](=O)[O-])OCC. The second kappa shape index (κ2) is 10.7. The quantitative estimate of drug-likeness (QED) is 0.146. The van der Waals surface area contributed by atoms with Gasteiger partial charge < -0.3 is 13.8 Å². The topological polar surface area (TPSA) is 87.9 Å². The van der Waals surface area contributed by atoms with Gasteiger partial charge in [-0.2, -0.15) is 13.2 Å². The summed E-state index contributed by atoms with van der Waals surface area (Å²) in [6, 6.07) is 6.33. The fourth-order valence-electron chi connectivity index (χ4n) is 2.37. The molecule has 0 fully saturated rings. The fraction of sp³-hybridized carbons (Fsp3) is 0.333. The number of hydrogen-bond acceptors (Lipinski definition) is 7. The highest BCUT2D eigenvalue weighted by molar-refractivity contribution is 8.04. The van der Waals surface area contributed by atoms with Crippen molar-refractivity contribution >= 4 is 36.6 Å². The average Bonchev–Trinajstić information content (AvgIpc) is 2.67. The van der Waals surface area contributed by atoms with E-state index in [9.17, 15) is 27.9 Å². The Morgan fingerprint density at radius 2 is 1.77 bits per heavy atom. The van der Waals surface area contributed by atoms with E-state index in [0.717, 1.165) is 30.0 Å². The van der Waals surface area contributed by atoms with Crippen LogP contribution in [0.15, 0.2) is 41.3 Å². The maximum absolute atomic E-state index is 12.8. The zero-order chi connectivity index (χ0) is 23.2. The van der Waals surface area contributed by atoms with Gasteiger partial charge in [0.1, 0.15) is 17.0 Å². The summed E-state index contributed by atoms with van der Waals surface area (Å²) in [6.07, 6.45) is -4.56. The highest BCUT2D eigenvalue weighted by Gasteiger charge is 2.31. The zero-order valence-electron chi connectivity index (χ0n) is 16.3. The van der Waals surface area contributed by atoms with Gasteiger partial charge in [0.15, 0.2) is 0 Å². The van der Waals surface area contributed by atoms with Crippen molar-refractivity contribution in [3.63, 3.8) is 0 Å². The molecule has 0 radical (unpaired) electrons. The fourth-order valence-corrected chi connectivity index (χ4v) is 5.72. The van der Waals surface area contributed by atoms with Crippen LogP contribution in [0.25, 0.3) is 0 Å². The summed E-state index contributed by atoms with van der Waals surface area (Å²) in [4.78, 5) is 10.8. The van der Waals surface area contributed by atoms with E-state index in [0.29, 0.717) is 0 Å². The molecule has 7 nitrogen and oxygen atoms in total. The lowest BCUT2D eigenvalue weighted by Crippen LogP contribution is -2.04. The van der Waals surface area contributed by atoms with Gasteiger partial charge >= 0.3 is 13.8 Å². The van der Waals surface area contributed by atoms with Crippen LogP contribution in [0, 0.1) is 10.1 Å². The molecule has 0 heterocycles. The highest BCUT2D eigenvalue weighted by atomic mass is 35.5. The first-order valence-electron chi connectivity index (χ1n) is 8.83. The molecular weight excluding hydrogens is 482 g/mol. The normalized spacial score (nSPS) is 12.1. The van der Waals surface area contributed by atoms with Gasteiger partial charge in [-0.3, -0.25) is 14.7 Å². The van der Waals surface area contributed by atoms with Crippen molar-refractivity contribution < 1.29 is 36.4 Å². The van der Waals surface area contributed by atoms with Gasteiger partial charge in [-0.1, -0.05) is 11.6 Å². The molecule has 0 unspecified atom stereocenters. The molecule has 0 aliphatic rings. The van der Waals surface area contributed by atoms with Gasteiger partial charge in [0.05, 0.1) is 33.6 Å². The smallest absolute Gasteiger partial charge is 0.416 e. The Bertz CT molecular complexity index is 981. The summed E-state index contributed by atoms with van der Waals surface area (Å²) in [7, 11) is -3.47. The van der Waals surface area contributed by atoms with Gasteiger partial charge in [0.2, 0.25) is 0 Å². The minimum absolute atomic E-state index is 0.0613. The first-order chi connectivity index (χ1) is 14.5. The maximum atomic E-state index is 12.8. The Morgan fingerprint density at radius 3 is 2.29 bits per heavy atom. The Labute approximate surface area is 185 Å². The van der Waals surface area contributed by atoms with E-state index in [2.05, 4.69) is 0 Å². The number of nitrogens with zero attached hydrogens (tertiary/aromatic N) is 1. The second-order valence-electron chi connectivity index (χ2n) is 5.85. The molecule has 0 N–H and O–H groups in total. The molecule has 0 amide bonds. The molecule has 2 rings (SSSR count). The minimum atomic E-state index is -4.56. The first-order valence-corrected chi connectivity index (χ1v) is 11.9. The third-order valence-electron chi connectivity index (χ3n) is 3.64. The Hall–Kier alpha value is -1.78. The number of hydrogen-bond donors (Lipinski definition) is 0. The summed E-state index contributed by atoms with van der Waals surface area (Å²) < 4.78 is 66.8. The molecule has 0 bridgehead atoms. The van der Waals surface area contributed by atoms with Gasteiger partial charge in [-0.15, -0.1) is 11.8 Å². The van der Waals surface area contributed by atoms with E-state index < -0.39 is 24.3 Å². The molecule has 2 aromatic carbocycles. The molecule has 0 saturated heterocycles. The molecule has 0 aliphatic heterocycles. The van der Waals surface area contributed by atoms with E-state index in [1.54, 1.807) is 13.8 Å². The van der Waals surface area contributed by atoms with E-state index >= 15 is 0 Å². The summed E-state index contributed by atoms with van der Waals surface area (Å²) in [5.41, 5.74) is -1.39. The monoisotopic (exact) mass is 499 g/mol. The summed E-state index contributed by atoms with van der Waals surface area (Å²) >= 11 is 6.77. The summed E-state index contributed by atoms with van der Waals surface area (Å²) in [6.45, 7) is 3.55. The molecule has 13 heteroatoms. The van der Waals surface area contributed by atoms with Crippen LogP contribution in [-0.2, 0) is 19.8 Å². The van der Waals surface area contributed by atoms with Crippen LogP contribution >= 0.6 is 31.0 Å². The standard InChI is InChI=1S/C18H18ClF3NO6PS/c1-3-27-30(26,28-4-2)11-31-17-10-13(6-7-15(17)23(24)25)29-16-8-5-12(9-14(16)19)18(20,21)22/h5-10H,3-4,11H2,1-2H3. The second-order valence-corrected chi connectivity index (χ2v) is 9.76. The number of thioether (sulfide) groups is 1. The largest absolute Gasteiger partial charge is 0.456 e. The highest BCUT2D eigenvalue weighted by Crippen LogP contribution is 2.53. The molecule has 0 aliphatic carbocycles. The number of benzene rings is 2. The van der Waals surface area contributed by atoms with Crippen LogP contribution in [0.5, 0.6) is 11.5 Å². The van der Waals surface area contributed by atoms with Gasteiger partial charge in [-0.05, 0) is 38.1 Å². The summed E-state index contributed by atoms with van der Waals surface area (Å²) in [5, 5.41) is 11.1. The van der Waals surface area contributed by atoms with Crippen LogP contribution < -0.4 is 4.74 Å². The predicted octanol–water partition coefficient (Wildman–Crippen LogP) is 7.38. The molecule has 170 valence electrons. The van der Waals surface area contributed by atoms with E-state index in [1.165, 1.54) is 18.2 Å². The molecule has 0 atom stereocenters. The number of ether oxygens (including phenoxy) is 1. The van der Waals surface area contributed by atoms with Crippen molar-refractivity contribution in [3.05, 3.63) is 57.1 Å². The molecule has 0 aromatic heterocycles. The van der Waals surface area contributed by atoms with Gasteiger partial charge in [0.25, 0.3) is 5.69 Å². The maximum Gasteiger partial charge on any atom is 0.416 e. The Morgan fingerprint density at radius 1 is 1.13 bits per heavy atom. The first kappa shape index (κ1) is 25.5. The molecule has 0 saturated carbocycles. The predicted molar refractivity (Wildman–Crippen MR) is 111 cm³/mol. The third kappa shape index (κ3) is 7.11. The molecular formula is C18H18ClF3NO6PS. The lowest BCUT2D eigenvalue weighted by molar-refractivity contribution is -0.387. The number of nitro groups is 1. The number of rotatable bonds is 10. The van der Waals surface area contributed by atoms with Crippen LogP contribution in [0.4, 0.5) is 18.9 Å². The van der Waals surface area contributed by atoms with Crippen LogP contribution in [0.1, 0.15) is 19.4 Å². The van der Waals surface area contributed by atoms with Crippen molar-refractivity contribution in [1.82, 2.24) is 0 Å². The zero-order valence-corrected chi connectivity index (χ0v) is 18.8. The van der Waals surface area contributed by atoms with Gasteiger partial charge in [0, 0.05) is 12.1 Å². The molecule has 31 heavy (non-hydrogen) atoms. The van der Waals surface area contributed by atoms with Crippen molar-refractivity contribution in [2.75, 3.05) is 18.7 Å². The van der Waals surface area contributed by atoms with Crippen molar-refractivity contribution in [2.45, 2.75) is 24.9 Å². The summed E-state index contributed by atoms with van der Waals surface area (Å²) in [5.74, 6) is 0.0335. The Balaban J connectivity index is 2.29. The van der Waals surface area contributed by atoms with Gasteiger partial charge in [-0.25, -0.2) is 0 Å². The van der Waals surface area contributed by atoms with E-state index in [4.69, 9.17) is 25.4 Å². The number of nitro benzene ring substituents is 1. The van der Waals surface area contributed by atoms with Crippen molar-refractivity contribution in [2.24, 2.45) is 0 Å². The number of halogens is 4. The minimum Gasteiger partial charge on any atom is -0.456 e. The third-order valence-corrected chi connectivity index (χ3v) is 7.66. The Kier molecular flexibility index (Phi) is 8.79. The van der Waals surface area contributed by atoms with Crippen molar-refractivity contribution in [1.29, 1.82) is 0 Å². The molecule has 2 aromatic rings. The van der Waals surface area contributed by atoms with Crippen LogP contribution in [0.2, 0.25) is 5.02 Å².